The number of methoxy groups -OCH3 is 1. The van der Waals surface area contributed by atoms with Gasteiger partial charge in [0.1, 0.15) is 5.82 Å². The number of rotatable bonds is 6. The van der Waals surface area contributed by atoms with E-state index in [2.05, 4.69) is 17.0 Å². The first-order chi connectivity index (χ1) is 8.08. The van der Waals surface area contributed by atoms with Gasteiger partial charge in [0, 0.05) is 27.2 Å². The van der Waals surface area contributed by atoms with E-state index in [9.17, 15) is 4.79 Å². The molecule has 1 aromatic rings. The molecule has 17 heavy (non-hydrogen) atoms. The SMILES string of the molecule is CCOC(=O)c1nc(CC(C)COC)n(C)n1. The molecule has 1 aromatic heterocycles. The highest BCUT2D eigenvalue weighted by Crippen LogP contribution is 2.07. The van der Waals surface area contributed by atoms with Crippen LogP contribution in [0.25, 0.3) is 0 Å². The summed E-state index contributed by atoms with van der Waals surface area (Å²) in [7, 11) is 3.43. The minimum absolute atomic E-state index is 0.119. The molecule has 1 atom stereocenters. The van der Waals surface area contributed by atoms with Crippen LogP contribution in [0.2, 0.25) is 0 Å². The minimum atomic E-state index is -0.478. The number of carbonyl (C=O) groups excluding carboxylic acids is 1. The molecular weight excluding hydrogens is 222 g/mol. The van der Waals surface area contributed by atoms with Crippen molar-refractivity contribution in [2.45, 2.75) is 20.3 Å². The molecule has 0 bridgehead atoms. The van der Waals surface area contributed by atoms with Crippen molar-refractivity contribution < 1.29 is 14.3 Å². The summed E-state index contributed by atoms with van der Waals surface area (Å²) in [6.45, 7) is 4.79. The van der Waals surface area contributed by atoms with Crippen LogP contribution in [0.15, 0.2) is 0 Å². The second-order valence-corrected chi connectivity index (χ2v) is 3.96. The molecule has 1 unspecified atom stereocenters. The number of hydrogen-bond donors (Lipinski definition) is 0. The number of aryl methyl sites for hydroxylation is 1. The van der Waals surface area contributed by atoms with Crippen LogP contribution in [0.3, 0.4) is 0 Å². The van der Waals surface area contributed by atoms with E-state index in [1.807, 2.05) is 0 Å². The molecule has 0 aromatic carbocycles. The van der Waals surface area contributed by atoms with Gasteiger partial charge in [0.2, 0.25) is 0 Å². The number of ether oxygens (including phenoxy) is 2. The van der Waals surface area contributed by atoms with Crippen molar-refractivity contribution in [1.82, 2.24) is 14.8 Å². The highest BCUT2D eigenvalue weighted by atomic mass is 16.5. The van der Waals surface area contributed by atoms with Crippen LogP contribution in [-0.2, 0) is 22.9 Å². The van der Waals surface area contributed by atoms with E-state index in [4.69, 9.17) is 9.47 Å². The normalized spacial score (nSPS) is 12.5. The molecule has 0 N–H and O–H groups in total. The lowest BCUT2D eigenvalue weighted by Crippen LogP contribution is -2.11. The van der Waals surface area contributed by atoms with E-state index in [0.717, 1.165) is 12.2 Å². The Balaban J connectivity index is 2.71. The molecule has 0 saturated carbocycles. The lowest BCUT2D eigenvalue weighted by atomic mass is 10.1. The van der Waals surface area contributed by atoms with Crippen molar-refractivity contribution in [1.29, 1.82) is 0 Å². The van der Waals surface area contributed by atoms with Gasteiger partial charge in [0.15, 0.2) is 0 Å². The first kappa shape index (κ1) is 13.6. The highest BCUT2D eigenvalue weighted by Gasteiger charge is 2.17. The molecule has 0 amide bonds. The van der Waals surface area contributed by atoms with Crippen LogP contribution < -0.4 is 0 Å². The first-order valence-electron chi connectivity index (χ1n) is 5.64. The predicted molar refractivity (Wildman–Crippen MR) is 61.7 cm³/mol. The summed E-state index contributed by atoms with van der Waals surface area (Å²) < 4.78 is 11.5. The molecule has 1 rings (SSSR count). The number of carbonyl (C=O) groups is 1. The molecule has 0 fully saturated rings. The van der Waals surface area contributed by atoms with Crippen LogP contribution >= 0.6 is 0 Å². The van der Waals surface area contributed by atoms with Gasteiger partial charge in [-0.1, -0.05) is 6.92 Å². The quantitative estimate of drug-likeness (QED) is 0.690. The average Bonchev–Trinajstić information content (AvgIpc) is 2.61. The summed E-state index contributed by atoms with van der Waals surface area (Å²) in [4.78, 5) is 15.6. The summed E-state index contributed by atoms with van der Waals surface area (Å²) in [5.74, 6) is 0.735. The van der Waals surface area contributed by atoms with Gasteiger partial charge in [-0.05, 0) is 12.8 Å². The van der Waals surface area contributed by atoms with Crippen LogP contribution in [0.4, 0.5) is 0 Å². The van der Waals surface area contributed by atoms with Gasteiger partial charge in [-0.2, -0.15) is 0 Å². The van der Waals surface area contributed by atoms with Gasteiger partial charge in [0.05, 0.1) is 6.61 Å². The van der Waals surface area contributed by atoms with E-state index >= 15 is 0 Å². The Hall–Kier alpha value is -1.43. The van der Waals surface area contributed by atoms with Crippen LogP contribution in [0.1, 0.15) is 30.3 Å². The van der Waals surface area contributed by atoms with E-state index in [0.29, 0.717) is 19.1 Å². The van der Waals surface area contributed by atoms with Crippen molar-refractivity contribution in [3.8, 4) is 0 Å². The molecular formula is C11H19N3O3. The molecule has 0 saturated heterocycles. The van der Waals surface area contributed by atoms with Gasteiger partial charge in [0.25, 0.3) is 5.82 Å². The smallest absolute Gasteiger partial charge is 0.378 e. The van der Waals surface area contributed by atoms with Crippen molar-refractivity contribution in [3.63, 3.8) is 0 Å². The summed E-state index contributed by atoms with van der Waals surface area (Å²) in [6, 6.07) is 0. The summed E-state index contributed by atoms with van der Waals surface area (Å²) >= 11 is 0. The molecule has 0 spiro atoms. The Morgan fingerprint density at radius 3 is 2.82 bits per heavy atom. The number of hydrogen-bond acceptors (Lipinski definition) is 5. The summed E-state index contributed by atoms with van der Waals surface area (Å²) in [5.41, 5.74) is 0. The molecule has 0 radical (unpaired) electrons. The lowest BCUT2D eigenvalue weighted by molar-refractivity contribution is 0.0511. The standard InChI is InChI=1S/C11H19N3O3/c1-5-17-11(15)10-12-9(14(3)13-10)6-8(2)7-16-4/h8H,5-7H2,1-4H3. The second kappa shape index (κ2) is 6.34. The number of aromatic nitrogens is 3. The summed E-state index contributed by atoms with van der Waals surface area (Å²) in [6.07, 6.45) is 0.719. The maximum Gasteiger partial charge on any atom is 0.378 e. The highest BCUT2D eigenvalue weighted by molar-refractivity contribution is 5.84. The maximum atomic E-state index is 11.4. The second-order valence-electron chi connectivity index (χ2n) is 3.96. The van der Waals surface area contributed by atoms with Crippen LogP contribution in [0, 0.1) is 5.92 Å². The monoisotopic (exact) mass is 241 g/mol. The molecule has 0 aliphatic heterocycles. The third-order valence-electron chi connectivity index (χ3n) is 2.29. The summed E-state index contributed by atoms with van der Waals surface area (Å²) in [5, 5.41) is 4.03. The zero-order valence-electron chi connectivity index (χ0n) is 10.8. The van der Waals surface area contributed by atoms with E-state index in [1.54, 1.807) is 25.8 Å². The van der Waals surface area contributed by atoms with Gasteiger partial charge < -0.3 is 9.47 Å². The predicted octanol–water partition coefficient (Wildman–Crippen LogP) is 0.817. The average molecular weight is 241 g/mol. The van der Waals surface area contributed by atoms with Gasteiger partial charge in [-0.25, -0.2) is 9.78 Å². The maximum absolute atomic E-state index is 11.4. The lowest BCUT2D eigenvalue weighted by Gasteiger charge is -2.08. The molecule has 6 nitrogen and oxygen atoms in total. The third-order valence-corrected chi connectivity index (χ3v) is 2.29. The van der Waals surface area contributed by atoms with Crippen molar-refractivity contribution >= 4 is 5.97 Å². The Labute approximate surface area is 101 Å². The third kappa shape index (κ3) is 3.81. The molecule has 1 heterocycles. The van der Waals surface area contributed by atoms with Gasteiger partial charge >= 0.3 is 5.97 Å². The first-order valence-corrected chi connectivity index (χ1v) is 5.64. The fourth-order valence-corrected chi connectivity index (χ4v) is 1.53. The molecule has 0 aliphatic rings. The topological polar surface area (TPSA) is 66.2 Å². The number of nitrogens with zero attached hydrogens (tertiary/aromatic N) is 3. The van der Waals surface area contributed by atoms with E-state index < -0.39 is 5.97 Å². The van der Waals surface area contributed by atoms with Crippen molar-refractivity contribution in [2.75, 3.05) is 20.3 Å². The fraction of sp³-hybridized carbons (Fsp3) is 0.727. The molecule has 0 aliphatic carbocycles. The molecule has 96 valence electrons. The van der Waals surface area contributed by atoms with E-state index in [1.165, 1.54) is 0 Å². The zero-order chi connectivity index (χ0) is 12.8. The van der Waals surface area contributed by atoms with Crippen molar-refractivity contribution in [3.05, 3.63) is 11.6 Å². The molecule has 6 heteroatoms. The largest absolute Gasteiger partial charge is 0.460 e. The Morgan fingerprint density at radius 1 is 1.53 bits per heavy atom. The fourth-order valence-electron chi connectivity index (χ4n) is 1.53. The Bertz CT molecular complexity index is 376. The van der Waals surface area contributed by atoms with Crippen LogP contribution in [0.5, 0.6) is 0 Å². The van der Waals surface area contributed by atoms with Gasteiger partial charge in [-0.3, -0.25) is 4.68 Å². The zero-order valence-corrected chi connectivity index (χ0v) is 10.8. The Morgan fingerprint density at radius 2 is 2.24 bits per heavy atom. The van der Waals surface area contributed by atoms with E-state index in [-0.39, 0.29) is 5.82 Å². The Kier molecular flexibility index (Phi) is 5.09. The van der Waals surface area contributed by atoms with Crippen LogP contribution in [-0.4, -0.2) is 41.1 Å². The number of esters is 1. The minimum Gasteiger partial charge on any atom is -0.460 e. The van der Waals surface area contributed by atoms with Crippen molar-refractivity contribution in [2.24, 2.45) is 13.0 Å². The van der Waals surface area contributed by atoms with Gasteiger partial charge in [-0.15, -0.1) is 5.10 Å².